The minimum Gasteiger partial charge on any atom is -0.494 e. The van der Waals surface area contributed by atoms with Crippen LogP contribution in [0.1, 0.15) is 65.7 Å². The number of rotatable bonds is 12. The van der Waals surface area contributed by atoms with Crippen molar-refractivity contribution in [3.8, 4) is 5.75 Å². The Morgan fingerprint density at radius 1 is 1.12 bits per heavy atom. The molecule has 2 bridgehead atoms. The second-order valence-electron chi connectivity index (χ2n) is 12.7. The molecule has 3 saturated heterocycles. The number of aliphatic hydroxyl groups is 1. The van der Waals surface area contributed by atoms with Crippen molar-refractivity contribution in [2.45, 2.75) is 93.3 Å². The standard InChI is InChI=1S/C34H47N3O5S/c1-6-20-35(25-14-16-26(17-15-25)42-8-3)30(39)27-28-31(40)37(23(4)22-38)29(34(28)19-18-33(27,5)43-34)32(41)36(21-7-2)24-12-10-9-11-13-24/h6-7,14-17,23-24,27-29,38H,1-2,8-13,18-22H2,3-5H3/t23-,27-,28+,29?,33+,34?/m1/s1. The van der Waals surface area contributed by atoms with Crippen molar-refractivity contribution in [2.24, 2.45) is 11.8 Å². The van der Waals surface area contributed by atoms with E-state index in [1.807, 2.05) is 36.1 Å². The first kappa shape index (κ1) is 31.6. The monoisotopic (exact) mass is 609 g/mol. The van der Waals surface area contributed by atoms with E-state index in [0.29, 0.717) is 31.8 Å². The first-order valence-electron chi connectivity index (χ1n) is 15.9. The molecule has 3 aliphatic heterocycles. The molecule has 1 spiro atoms. The molecule has 234 valence electrons. The smallest absolute Gasteiger partial charge is 0.247 e. The molecule has 8 nitrogen and oxygen atoms in total. The number of likely N-dealkylation sites (tertiary alicyclic amines) is 1. The van der Waals surface area contributed by atoms with E-state index in [0.717, 1.165) is 37.9 Å². The Hall–Kier alpha value is -2.78. The summed E-state index contributed by atoms with van der Waals surface area (Å²) >= 11 is 1.67. The van der Waals surface area contributed by atoms with Gasteiger partial charge in [-0.25, -0.2) is 0 Å². The van der Waals surface area contributed by atoms with Gasteiger partial charge in [-0.2, -0.15) is 0 Å². The Bertz CT molecular complexity index is 1230. The number of carbonyl (C=O) groups excluding carboxylic acids is 3. The molecule has 1 aromatic rings. The molecule has 9 heteroatoms. The van der Waals surface area contributed by atoms with E-state index in [1.54, 1.807) is 40.6 Å². The third kappa shape index (κ3) is 5.30. The van der Waals surface area contributed by atoms with Crippen molar-refractivity contribution in [3.05, 3.63) is 49.6 Å². The van der Waals surface area contributed by atoms with E-state index in [4.69, 9.17) is 4.74 Å². The van der Waals surface area contributed by atoms with E-state index in [2.05, 4.69) is 20.1 Å². The maximum atomic E-state index is 14.7. The van der Waals surface area contributed by atoms with Gasteiger partial charge in [0.25, 0.3) is 0 Å². The van der Waals surface area contributed by atoms with Crippen LogP contribution < -0.4 is 9.64 Å². The molecule has 0 aromatic heterocycles. The van der Waals surface area contributed by atoms with E-state index in [1.165, 1.54) is 6.42 Å². The highest BCUT2D eigenvalue weighted by Gasteiger charge is 2.78. The molecule has 1 saturated carbocycles. The minimum atomic E-state index is -0.739. The van der Waals surface area contributed by atoms with Gasteiger partial charge in [-0.15, -0.1) is 24.9 Å². The van der Waals surface area contributed by atoms with Gasteiger partial charge >= 0.3 is 0 Å². The molecule has 1 N–H and O–H groups in total. The Morgan fingerprint density at radius 2 is 1.79 bits per heavy atom. The lowest BCUT2D eigenvalue weighted by Crippen LogP contribution is -2.59. The summed E-state index contributed by atoms with van der Waals surface area (Å²) in [5.41, 5.74) is 0.715. The fourth-order valence-electron chi connectivity index (χ4n) is 8.20. The number of anilines is 1. The summed E-state index contributed by atoms with van der Waals surface area (Å²) in [5, 5.41) is 10.3. The van der Waals surface area contributed by atoms with Gasteiger partial charge in [-0.05, 0) is 70.7 Å². The summed E-state index contributed by atoms with van der Waals surface area (Å²) in [7, 11) is 0. The number of benzene rings is 1. The number of hydrogen-bond donors (Lipinski definition) is 1. The highest BCUT2D eigenvalue weighted by Crippen LogP contribution is 2.72. The lowest BCUT2D eigenvalue weighted by atomic mass is 9.66. The lowest BCUT2D eigenvalue weighted by molar-refractivity contribution is -0.147. The minimum absolute atomic E-state index is 0.0674. The number of nitrogens with zero attached hydrogens (tertiary/aromatic N) is 3. The van der Waals surface area contributed by atoms with Crippen LogP contribution in [0.3, 0.4) is 0 Å². The van der Waals surface area contributed by atoms with Gasteiger partial charge < -0.3 is 24.5 Å². The highest BCUT2D eigenvalue weighted by molar-refractivity contribution is 8.02. The zero-order valence-electron chi connectivity index (χ0n) is 25.9. The quantitative estimate of drug-likeness (QED) is 0.342. The van der Waals surface area contributed by atoms with Crippen LogP contribution in [0.2, 0.25) is 0 Å². The van der Waals surface area contributed by atoms with Gasteiger partial charge in [0.05, 0.1) is 35.8 Å². The molecule has 4 aliphatic rings. The topological polar surface area (TPSA) is 90.4 Å². The Kier molecular flexibility index (Phi) is 9.33. The summed E-state index contributed by atoms with van der Waals surface area (Å²) in [6.07, 6.45) is 10.1. The SMILES string of the molecule is C=CCN(C(=O)[C@H]1[C@H]2C(=O)N([C@H](C)CO)C(C(=O)N(CC=C)C3CCCCC3)C23CC[C@]1(C)S3)c1ccc(OCC)cc1. The second-order valence-corrected chi connectivity index (χ2v) is 14.6. The number of hydrogen-bond acceptors (Lipinski definition) is 6. The molecular formula is C34H47N3O5S. The Morgan fingerprint density at radius 3 is 2.40 bits per heavy atom. The second kappa shape index (κ2) is 12.7. The summed E-state index contributed by atoms with van der Waals surface area (Å²) in [5.74, 6) is -0.929. The maximum absolute atomic E-state index is 14.7. The van der Waals surface area contributed by atoms with Gasteiger partial charge in [0, 0.05) is 29.6 Å². The molecular weight excluding hydrogens is 562 g/mol. The van der Waals surface area contributed by atoms with E-state index in [9.17, 15) is 19.5 Å². The van der Waals surface area contributed by atoms with Crippen LogP contribution in [0.4, 0.5) is 5.69 Å². The molecule has 1 aromatic carbocycles. The van der Waals surface area contributed by atoms with E-state index < -0.39 is 33.4 Å². The first-order valence-corrected chi connectivity index (χ1v) is 16.7. The molecule has 3 heterocycles. The Balaban J connectivity index is 1.54. The molecule has 1 aliphatic carbocycles. The zero-order chi connectivity index (χ0) is 30.9. The normalized spacial score (nSPS) is 30.6. The fraction of sp³-hybridized carbons (Fsp3) is 0.618. The van der Waals surface area contributed by atoms with Crippen molar-refractivity contribution in [1.29, 1.82) is 0 Å². The zero-order valence-corrected chi connectivity index (χ0v) is 26.7. The number of fused-ring (bicyclic) bond motifs is 1. The van der Waals surface area contributed by atoms with Gasteiger partial charge in [0.1, 0.15) is 11.8 Å². The van der Waals surface area contributed by atoms with Crippen molar-refractivity contribution >= 4 is 35.2 Å². The molecule has 4 fully saturated rings. The van der Waals surface area contributed by atoms with Gasteiger partial charge in [0.2, 0.25) is 17.7 Å². The van der Waals surface area contributed by atoms with Crippen LogP contribution in [0, 0.1) is 11.8 Å². The molecule has 0 radical (unpaired) electrons. The number of amides is 3. The lowest BCUT2D eigenvalue weighted by Gasteiger charge is -2.42. The molecule has 2 unspecified atom stereocenters. The van der Waals surface area contributed by atoms with Crippen LogP contribution in [0.5, 0.6) is 5.75 Å². The Labute approximate surface area is 260 Å². The van der Waals surface area contributed by atoms with Crippen molar-refractivity contribution in [1.82, 2.24) is 9.80 Å². The average Bonchev–Trinajstić information content (AvgIpc) is 3.59. The highest BCUT2D eigenvalue weighted by atomic mass is 32.2. The number of ether oxygens (including phenoxy) is 1. The number of aliphatic hydroxyl groups excluding tert-OH is 1. The summed E-state index contributed by atoms with van der Waals surface area (Å²) in [6, 6.07) is 6.25. The van der Waals surface area contributed by atoms with Crippen LogP contribution in [-0.2, 0) is 14.4 Å². The van der Waals surface area contributed by atoms with Crippen LogP contribution >= 0.6 is 11.8 Å². The van der Waals surface area contributed by atoms with E-state index >= 15 is 0 Å². The largest absolute Gasteiger partial charge is 0.494 e. The van der Waals surface area contributed by atoms with E-state index in [-0.39, 0.29) is 30.4 Å². The molecule has 3 amide bonds. The average molecular weight is 610 g/mol. The predicted molar refractivity (Wildman–Crippen MR) is 171 cm³/mol. The third-order valence-corrected chi connectivity index (χ3v) is 12.1. The molecule has 5 rings (SSSR count). The summed E-state index contributed by atoms with van der Waals surface area (Å²) < 4.78 is 4.37. The fourth-order valence-corrected chi connectivity index (χ4v) is 10.5. The van der Waals surface area contributed by atoms with Crippen LogP contribution in [0.15, 0.2) is 49.6 Å². The summed E-state index contributed by atoms with van der Waals surface area (Å²) in [4.78, 5) is 49.2. The van der Waals surface area contributed by atoms with Gasteiger partial charge in [-0.3, -0.25) is 14.4 Å². The van der Waals surface area contributed by atoms with Crippen LogP contribution in [0.25, 0.3) is 0 Å². The van der Waals surface area contributed by atoms with Crippen molar-refractivity contribution in [3.63, 3.8) is 0 Å². The van der Waals surface area contributed by atoms with Crippen LogP contribution in [-0.4, -0.2) is 86.6 Å². The maximum Gasteiger partial charge on any atom is 0.247 e. The van der Waals surface area contributed by atoms with Crippen molar-refractivity contribution < 1.29 is 24.2 Å². The van der Waals surface area contributed by atoms with Crippen molar-refractivity contribution in [2.75, 3.05) is 31.2 Å². The van der Waals surface area contributed by atoms with Gasteiger partial charge in [0.15, 0.2) is 0 Å². The first-order chi connectivity index (χ1) is 20.7. The predicted octanol–water partition coefficient (Wildman–Crippen LogP) is 4.81. The molecule has 6 atom stereocenters. The van der Waals surface area contributed by atoms with Gasteiger partial charge in [-0.1, -0.05) is 31.4 Å². The summed E-state index contributed by atoms with van der Waals surface area (Å²) in [6.45, 7) is 14.7. The number of thioether (sulfide) groups is 1. The molecule has 43 heavy (non-hydrogen) atoms. The number of carbonyl (C=O) groups is 3. The third-order valence-electron chi connectivity index (χ3n) is 10.1.